The van der Waals surface area contributed by atoms with E-state index in [0.717, 1.165) is 11.1 Å². The molecule has 1 N–H and O–H groups in total. The molecule has 2 rings (SSSR count). The van der Waals surface area contributed by atoms with Crippen LogP contribution in [-0.4, -0.2) is 33.7 Å². The molecule has 2 aromatic rings. The Bertz CT molecular complexity index is 623. The highest BCUT2D eigenvalue weighted by Crippen LogP contribution is 2.06. The minimum absolute atomic E-state index is 0.0595. The van der Waals surface area contributed by atoms with Crippen LogP contribution >= 0.6 is 0 Å². The molecule has 0 radical (unpaired) electrons. The summed E-state index contributed by atoms with van der Waals surface area (Å²) in [7, 11) is 3.76. The SMILES string of the molecule is CC(C(=O)NCc1ccc(F)cc1)N(C)Cc1cnn(C)c1. The molecule has 22 heavy (non-hydrogen) atoms. The first-order valence-corrected chi connectivity index (χ1v) is 7.15. The van der Waals surface area contributed by atoms with E-state index >= 15 is 0 Å². The van der Waals surface area contributed by atoms with Gasteiger partial charge in [0.15, 0.2) is 0 Å². The molecule has 0 saturated carbocycles. The minimum atomic E-state index is -0.278. The molecular weight excluding hydrogens is 283 g/mol. The van der Waals surface area contributed by atoms with Gasteiger partial charge in [0.25, 0.3) is 0 Å². The summed E-state index contributed by atoms with van der Waals surface area (Å²) in [6.07, 6.45) is 3.72. The van der Waals surface area contributed by atoms with Crippen molar-refractivity contribution in [1.82, 2.24) is 20.0 Å². The largest absolute Gasteiger partial charge is 0.351 e. The zero-order valence-electron chi connectivity index (χ0n) is 13.1. The average molecular weight is 304 g/mol. The van der Waals surface area contributed by atoms with Crippen LogP contribution in [0.5, 0.6) is 0 Å². The van der Waals surface area contributed by atoms with Crippen molar-refractivity contribution >= 4 is 5.91 Å². The van der Waals surface area contributed by atoms with Crippen LogP contribution in [0.3, 0.4) is 0 Å². The molecule has 6 heteroatoms. The number of nitrogens with one attached hydrogen (secondary N) is 1. The second-order valence-electron chi connectivity index (χ2n) is 5.46. The van der Waals surface area contributed by atoms with E-state index in [1.807, 2.05) is 32.1 Å². The average Bonchev–Trinajstić information content (AvgIpc) is 2.90. The van der Waals surface area contributed by atoms with Crippen LogP contribution in [-0.2, 0) is 24.9 Å². The number of carbonyl (C=O) groups is 1. The summed E-state index contributed by atoms with van der Waals surface area (Å²) >= 11 is 0. The molecule has 1 unspecified atom stereocenters. The van der Waals surface area contributed by atoms with Crippen molar-refractivity contribution in [3.63, 3.8) is 0 Å². The Morgan fingerprint density at radius 3 is 2.64 bits per heavy atom. The summed E-state index contributed by atoms with van der Waals surface area (Å²) in [6.45, 7) is 2.90. The van der Waals surface area contributed by atoms with E-state index in [1.165, 1.54) is 12.1 Å². The van der Waals surface area contributed by atoms with E-state index in [0.29, 0.717) is 13.1 Å². The summed E-state index contributed by atoms with van der Waals surface area (Å²) in [4.78, 5) is 14.1. The molecule has 1 aromatic carbocycles. The first kappa shape index (κ1) is 16.2. The van der Waals surface area contributed by atoms with Gasteiger partial charge < -0.3 is 5.32 Å². The molecule has 118 valence electrons. The van der Waals surface area contributed by atoms with Gasteiger partial charge in [0.1, 0.15) is 5.82 Å². The number of rotatable bonds is 6. The number of carbonyl (C=O) groups excluding carboxylic acids is 1. The van der Waals surface area contributed by atoms with Crippen molar-refractivity contribution in [3.8, 4) is 0 Å². The highest BCUT2D eigenvalue weighted by Gasteiger charge is 2.18. The Hall–Kier alpha value is -2.21. The second kappa shape index (κ2) is 7.17. The van der Waals surface area contributed by atoms with Gasteiger partial charge in [-0.1, -0.05) is 12.1 Å². The standard InChI is InChI=1S/C16H21FN4O/c1-12(20(2)10-14-9-19-21(3)11-14)16(22)18-8-13-4-6-15(17)7-5-13/h4-7,9,11-12H,8,10H2,1-3H3,(H,18,22). The predicted octanol–water partition coefficient (Wildman–Crippen LogP) is 1.70. The molecule has 1 aromatic heterocycles. The van der Waals surface area contributed by atoms with E-state index in [2.05, 4.69) is 10.4 Å². The quantitative estimate of drug-likeness (QED) is 0.883. The second-order valence-corrected chi connectivity index (χ2v) is 5.46. The molecule has 0 aliphatic rings. The van der Waals surface area contributed by atoms with Crippen LogP contribution in [0.25, 0.3) is 0 Å². The molecule has 0 saturated heterocycles. The predicted molar refractivity (Wildman–Crippen MR) is 82.4 cm³/mol. The van der Waals surface area contributed by atoms with E-state index in [4.69, 9.17) is 0 Å². The zero-order chi connectivity index (χ0) is 16.1. The van der Waals surface area contributed by atoms with Crippen LogP contribution in [0.2, 0.25) is 0 Å². The van der Waals surface area contributed by atoms with Crippen molar-refractivity contribution in [2.45, 2.75) is 26.1 Å². The van der Waals surface area contributed by atoms with E-state index < -0.39 is 0 Å². The zero-order valence-corrected chi connectivity index (χ0v) is 13.1. The maximum Gasteiger partial charge on any atom is 0.237 e. The monoisotopic (exact) mass is 304 g/mol. The Kier molecular flexibility index (Phi) is 5.27. The van der Waals surface area contributed by atoms with Gasteiger partial charge in [-0.25, -0.2) is 4.39 Å². The van der Waals surface area contributed by atoms with E-state index in [9.17, 15) is 9.18 Å². The Balaban J connectivity index is 1.84. The van der Waals surface area contributed by atoms with Gasteiger partial charge in [0.05, 0.1) is 12.2 Å². The van der Waals surface area contributed by atoms with Gasteiger partial charge in [-0.15, -0.1) is 0 Å². The third kappa shape index (κ3) is 4.39. The highest BCUT2D eigenvalue weighted by atomic mass is 19.1. The molecule has 0 spiro atoms. The van der Waals surface area contributed by atoms with Crippen LogP contribution in [0.15, 0.2) is 36.7 Å². The lowest BCUT2D eigenvalue weighted by Gasteiger charge is -2.23. The molecule has 0 fully saturated rings. The lowest BCUT2D eigenvalue weighted by Crippen LogP contribution is -2.42. The van der Waals surface area contributed by atoms with Crippen LogP contribution in [0.1, 0.15) is 18.1 Å². The number of hydrogen-bond acceptors (Lipinski definition) is 3. The molecule has 0 aliphatic heterocycles. The first-order chi connectivity index (χ1) is 10.5. The fourth-order valence-corrected chi connectivity index (χ4v) is 2.12. The van der Waals surface area contributed by atoms with Gasteiger partial charge in [-0.3, -0.25) is 14.4 Å². The number of hydrogen-bond donors (Lipinski definition) is 1. The van der Waals surface area contributed by atoms with Crippen LogP contribution in [0, 0.1) is 5.82 Å². The molecule has 5 nitrogen and oxygen atoms in total. The van der Waals surface area contributed by atoms with Crippen molar-refractivity contribution < 1.29 is 9.18 Å². The first-order valence-electron chi connectivity index (χ1n) is 7.15. The van der Waals surface area contributed by atoms with Gasteiger partial charge >= 0.3 is 0 Å². The lowest BCUT2D eigenvalue weighted by atomic mass is 10.2. The molecule has 0 bridgehead atoms. The number of aryl methyl sites for hydroxylation is 1. The summed E-state index contributed by atoms with van der Waals surface area (Å²) in [5.74, 6) is -0.338. The fourth-order valence-electron chi connectivity index (χ4n) is 2.12. The highest BCUT2D eigenvalue weighted by molar-refractivity contribution is 5.81. The number of likely N-dealkylation sites (N-methyl/N-ethyl adjacent to an activating group) is 1. The van der Waals surface area contributed by atoms with Crippen molar-refractivity contribution in [1.29, 1.82) is 0 Å². The third-order valence-corrected chi connectivity index (χ3v) is 3.61. The molecule has 1 atom stereocenters. The van der Waals surface area contributed by atoms with Crippen molar-refractivity contribution in [2.24, 2.45) is 7.05 Å². The topological polar surface area (TPSA) is 50.2 Å². The molecule has 0 aliphatic carbocycles. The van der Waals surface area contributed by atoms with Crippen LogP contribution < -0.4 is 5.32 Å². The molecule has 1 heterocycles. The Morgan fingerprint density at radius 2 is 2.05 bits per heavy atom. The van der Waals surface area contributed by atoms with Gasteiger partial charge in [0.2, 0.25) is 5.91 Å². The summed E-state index contributed by atoms with van der Waals surface area (Å²) in [6, 6.07) is 5.85. The van der Waals surface area contributed by atoms with Gasteiger partial charge in [0, 0.05) is 31.9 Å². The smallest absolute Gasteiger partial charge is 0.237 e. The Morgan fingerprint density at radius 1 is 1.36 bits per heavy atom. The number of benzene rings is 1. The molecular formula is C16H21FN4O. The van der Waals surface area contributed by atoms with Gasteiger partial charge in [-0.05, 0) is 31.7 Å². The third-order valence-electron chi connectivity index (χ3n) is 3.61. The van der Waals surface area contributed by atoms with Crippen molar-refractivity contribution in [2.75, 3.05) is 7.05 Å². The Labute approximate surface area is 129 Å². The summed E-state index contributed by atoms with van der Waals surface area (Å²) in [5.41, 5.74) is 1.93. The number of nitrogens with zero attached hydrogens (tertiary/aromatic N) is 3. The van der Waals surface area contributed by atoms with E-state index in [1.54, 1.807) is 23.0 Å². The molecule has 1 amide bonds. The number of amides is 1. The fraction of sp³-hybridized carbons (Fsp3) is 0.375. The maximum atomic E-state index is 12.8. The number of aromatic nitrogens is 2. The van der Waals surface area contributed by atoms with Crippen molar-refractivity contribution in [3.05, 3.63) is 53.6 Å². The van der Waals surface area contributed by atoms with Crippen LogP contribution in [0.4, 0.5) is 4.39 Å². The summed E-state index contributed by atoms with van der Waals surface area (Å²) in [5, 5.41) is 6.98. The van der Waals surface area contributed by atoms with Gasteiger partial charge in [-0.2, -0.15) is 5.10 Å². The normalized spacial score (nSPS) is 12.4. The summed E-state index contributed by atoms with van der Waals surface area (Å²) < 4.78 is 14.6. The number of halogens is 1. The lowest BCUT2D eigenvalue weighted by molar-refractivity contribution is -0.125. The minimum Gasteiger partial charge on any atom is -0.351 e. The maximum absolute atomic E-state index is 12.8. The van der Waals surface area contributed by atoms with E-state index in [-0.39, 0.29) is 17.8 Å².